The number of benzene rings is 2. The summed E-state index contributed by atoms with van der Waals surface area (Å²) in [5.74, 6) is 1.73. The van der Waals surface area contributed by atoms with E-state index in [0.29, 0.717) is 6.61 Å². The van der Waals surface area contributed by atoms with Gasteiger partial charge in [-0.25, -0.2) is 4.98 Å². The molecule has 1 aromatic heterocycles. The number of aliphatic imine (C=N–C) groups is 1. The van der Waals surface area contributed by atoms with Crippen LogP contribution in [0.1, 0.15) is 12.8 Å². The van der Waals surface area contributed by atoms with Gasteiger partial charge in [-0.05, 0) is 37.1 Å². The molecule has 6 nitrogen and oxygen atoms in total. The van der Waals surface area contributed by atoms with Gasteiger partial charge in [-0.1, -0.05) is 30.3 Å². The van der Waals surface area contributed by atoms with Gasteiger partial charge >= 0.3 is 0 Å². The molecule has 0 atom stereocenters. The lowest BCUT2D eigenvalue weighted by molar-refractivity contribution is 0.311. The van der Waals surface area contributed by atoms with E-state index in [1.807, 2.05) is 54.9 Å². The Kier molecular flexibility index (Phi) is 9.61. The minimum atomic E-state index is 0. The molecule has 1 heterocycles. The van der Waals surface area contributed by atoms with Crippen molar-refractivity contribution >= 4 is 41.0 Å². The number of nitrogens with zero attached hydrogens (tertiary/aromatic N) is 3. The minimum Gasteiger partial charge on any atom is -0.494 e. The molecule has 0 saturated carbocycles. The number of hydrogen-bond donors (Lipinski definition) is 2. The topological polar surface area (TPSA) is 63.5 Å². The number of guanidine groups is 1. The zero-order valence-electron chi connectivity index (χ0n) is 16.2. The molecule has 0 aliphatic heterocycles. The van der Waals surface area contributed by atoms with Gasteiger partial charge in [0.05, 0.1) is 24.0 Å². The van der Waals surface area contributed by atoms with Crippen LogP contribution in [0.4, 0.5) is 0 Å². The Labute approximate surface area is 183 Å². The quantitative estimate of drug-likeness (QED) is 0.207. The Morgan fingerprint density at radius 2 is 1.71 bits per heavy atom. The van der Waals surface area contributed by atoms with Crippen molar-refractivity contribution in [2.45, 2.75) is 19.4 Å². The monoisotopic (exact) mass is 493 g/mol. The first-order valence-corrected chi connectivity index (χ1v) is 9.39. The van der Waals surface area contributed by atoms with Crippen molar-refractivity contribution in [3.8, 4) is 5.75 Å². The van der Waals surface area contributed by atoms with E-state index in [0.717, 1.165) is 49.7 Å². The summed E-state index contributed by atoms with van der Waals surface area (Å²) >= 11 is 0. The third-order valence-electron chi connectivity index (χ3n) is 4.24. The maximum Gasteiger partial charge on any atom is 0.190 e. The summed E-state index contributed by atoms with van der Waals surface area (Å²) in [5.41, 5.74) is 2.22. The normalized spacial score (nSPS) is 11.1. The van der Waals surface area contributed by atoms with Crippen LogP contribution in [-0.4, -0.2) is 42.3 Å². The van der Waals surface area contributed by atoms with E-state index >= 15 is 0 Å². The SMILES string of the molecule is CN=C(NCCCOc1ccccc1)NCCCn1cnc2ccccc21.I. The number of fused-ring (bicyclic) bond motifs is 1. The Bertz CT molecular complexity index is 850. The van der Waals surface area contributed by atoms with Crippen LogP contribution in [0, 0.1) is 0 Å². The summed E-state index contributed by atoms with van der Waals surface area (Å²) in [6, 6.07) is 18.1. The second-order valence-electron chi connectivity index (χ2n) is 6.22. The molecule has 7 heteroatoms. The summed E-state index contributed by atoms with van der Waals surface area (Å²) in [6.45, 7) is 3.28. The van der Waals surface area contributed by atoms with Crippen LogP contribution in [0.25, 0.3) is 11.0 Å². The summed E-state index contributed by atoms with van der Waals surface area (Å²) < 4.78 is 7.88. The molecule has 0 saturated heterocycles. The number of para-hydroxylation sites is 3. The van der Waals surface area contributed by atoms with Crippen molar-refractivity contribution in [1.29, 1.82) is 0 Å². The van der Waals surface area contributed by atoms with Crippen LogP contribution in [0.3, 0.4) is 0 Å². The maximum absolute atomic E-state index is 5.69. The van der Waals surface area contributed by atoms with Crippen LogP contribution in [0.15, 0.2) is 65.9 Å². The summed E-state index contributed by atoms with van der Waals surface area (Å²) in [6.07, 6.45) is 3.82. The van der Waals surface area contributed by atoms with Crippen molar-refractivity contribution in [2.75, 3.05) is 26.7 Å². The molecule has 0 unspecified atom stereocenters. The molecule has 2 N–H and O–H groups in total. The van der Waals surface area contributed by atoms with E-state index < -0.39 is 0 Å². The molecular weight excluding hydrogens is 465 g/mol. The van der Waals surface area contributed by atoms with Crippen molar-refractivity contribution in [2.24, 2.45) is 4.99 Å². The number of hydrogen-bond acceptors (Lipinski definition) is 3. The molecule has 0 amide bonds. The minimum absolute atomic E-state index is 0. The molecule has 0 radical (unpaired) electrons. The summed E-state index contributed by atoms with van der Waals surface area (Å²) in [4.78, 5) is 8.69. The van der Waals surface area contributed by atoms with E-state index in [1.54, 1.807) is 7.05 Å². The molecule has 150 valence electrons. The second kappa shape index (κ2) is 12.2. The number of nitrogens with one attached hydrogen (secondary N) is 2. The van der Waals surface area contributed by atoms with Crippen molar-refractivity contribution in [1.82, 2.24) is 20.2 Å². The predicted octanol–water partition coefficient (Wildman–Crippen LogP) is 3.68. The van der Waals surface area contributed by atoms with Crippen LogP contribution < -0.4 is 15.4 Å². The molecule has 3 aromatic rings. The predicted molar refractivity (Wildman–Crippen MR) is 126 cm³/mol. The Hall–Kier alpha value is -2.29. The fourth-order valence-corrected chi connectivity index (χ4v) is 2.85. The van der Waals surface area contributed by atoms with Crippen molar-refractivity contribution in [3.05, 3.63) is 60.9 Å². The highest BCUT2D eigenvalue weighted by molar-refractivity contribution is 14.0. The van der Waals surface area contributed by atoms with Gasteiger partial charge < -0.3 is 19.9 Å². The van der Waals surface area contributed by atoms with E-state index in [1.165, 1.54) is 5.52 Å². The van der Waals surface area contributed by atoms with Crippen LogP contribution in [0.2, 0.25) is 0 Å². The van der Waals surface area contributed by atoms with Crippen LogP contribution >= 0.6 is 24.0 Å². The van der Waals surface area contributed by atoms with Crippen LogP contribution in [-0.2, 0) is 6.54 Å². The molecular formula is C21H28IN5O. The second-order valence-corrected chi connectivity index (χ2v) is 6.22. The third kappa shape index (κ3) is 6.70. The van der Waals surface area contributed by atoms with Gasteiger partial charge in [0.15, 0.2) is 5.96 Å². The third-order valence-corrected chi connectivity index (χ3v) is 4.24. The average molecular weight is 493 g/mol. The molecule has 28 heavy (non-hydrogen) atoms. The molecule has 0 aliphatic carbocycles. The van der Waals surface area contributed by atoms with Gasteiger partial charge in [0.1, 0.15) is 5.75 Å². The molecule has 0 fully saturated rings. The average Bonchev–Trinajstić information content (AvgIpc) is 3.13. The highest BCUT2D eigenvalue weighted by Gasteiger charge is 2.01. The van der Waals surface area contributed by atoms with E-state index in [9.17, 15) is 0 Å². The molecule has 0 bridgehead atoms. The summed E-state index contributed by atoms with van der Waals surface area (Å²) in [7, 11) is 1.79. The molecule has 0 aliphatic rings. The lowest BCUT2D eigenvalue weighted by atomic mass is 10.3. The summed E-state index contributed by atoms with van der Waals surface area (Å²) in [5, 5.41) is 6.67. The smallest absolute Gasteiger partial charge is 0.190 e. The van der Waals surface area contributed by atoms with Crippen molar-refractivity contribution < 1.29 is 4.74 Å². The zero-order valence-corrected chi connectivity index (χ0v) is 18.5. The highest BCUT2D eigenvalue weighted by atomic mass is 127. The lowest BCUT2D eigenvalue weighted by Crippen LogP contribution is -2.38. The van der Waals surface area contributed by atoms with Gasteiger partial charge in [0.25, 0.3) is 0 Å². The number of halogens is 1. The maximum atomic E-state index is 5.69. The standard InChI is InChI=1S/C21H27N5O.HI/c1-22-21(24-14-8-16-27-18-9-3-2-4-10-18)23-13-7-15-26-17-25-19-11-5-6-12-20(19)26;/h2-6,9-12,17H,7-8,13-16H2,1H3,(H2,22,23,24);1H. The lowest BCUT2D eigenvalue weighted by Gasteiger charge is -2.12. The first-order valence-electron chi connectivity index (χ1n) is 9.39. The number of aryl methyl sites for hydroxylation is 1. The van der Waals surface area contributed by atoms with Gasteiger partial charge in [-0.15, -0.1) is 24.0 Å². The van der Waals surface area contributed by atoms with Gasteiger partial charge in [-0.3, -0.25) is 4.99 Å². The fourth-order valence-electron chi connectivity index (χ4n) is 2.85. The van der Waals surface area contributed by atoms with Gasteiger partial charge in [0, 0.05) is 26.7 Å². The molecule has 2 aromatic carbocycles. The Morgan fingerprint density at radius 1 is 1.00 bits per heavy atom. The largest absolute Gasteiger partial charge is 0.494 e. The van der Waals surface area contributed by atoms with E-state index in [4.69, 9.17) is 4.74 Å². The fraction of sp³-hybridized carbons (Fsp3) is 0.333. The Morgan fingerprint density at radius 3 is 2.50 bits per heavy atom. The van der Waals surface area contributed by atoms with E-state index in [-0.39, 0.29) is 24.0 Å². The molecule has 3 rings (SSSR count). The van der Waals surface area contributed by atoms with E-state index in [2.05, 4.69) is 31.2 Å². The Balaban J connectivity index is 0.00000280. The molecule has 0 spiro atoms. The zero-order chi connectivity index (χ0) is 18.7. The van der Waals surface area contributed by atoms with Crippen molar-refractivity contribution in [3.63, 3.8) is 0 Å². The van der Waals surface area contributed by atoms with Crippen LogP contribution in [0.5, 0.6) is 5.75 Å². The number of aromatic nitrogens is 2. The number of ether oxygens (including phenoxy) is 1. The first-order chi connectivity index (χ1) is 13.4. The number of rotatable bonds is 9. The first kappa shape index (κ1) is 22.0. The van der Waals surface area contributed by atoms with Gasteiger partial charge in [-0.2, -0.15) is 0 Å². The highest BCUT2D eigenvalue weighted by Crippen LogP contribution is 2.11. The van der Waals surface area contributed by atoms with Gasteiger partial charge in [0.2, 0.25) is 0 Å². The number of imidazole rings is 1.